The van der Waals surface area contributed by atoms with Crippen LogP contribution in [0.5, 0.6) is 0 Å². The maximum atomic E-state index is 12.2. The largest absolute Gasteiger partial charge is 0.340 e. The highest BCUT2D eigenvalue weighted by molar-refractivity contribution is 5.76. The zero-order valence-corrected chi connectivity index (χ0v) is 15.2. The molecule has 22 heavy (non-hydrogen) atoms. The fourth-order valence-corrected chi connectivity index (χ4v) is 3.55. The van der Waals surface area contributed by atoms with Crippen molar-refractivity contribution in [3.63, 3.8) is 0 Å². The summed E-state index contributed by atoms with van der Waals surface area (Å²) in [6, 6.07) is 0.481. The molecule has 1 fully saturated rings. The molecule has 0 bridgehead atoms. The summed E-state index contributed by atoms with van der Waals surface area (Å²) < 4.78 is 0. The molecule has 0 radical (unpaired) electrons. The SMILES string of the molecule is CCCCCCCCCCCCCC(=O)N1CCCCC1C. The highest BCUT2D eigenvalue weighted by Gasteiger charge is 2.22. The van der Waals surface area contributed by atoms with E-state index >= 15 is 0 Å². The molecule has 1 aliphatic heterocycles. The van der Waals surface area contributed by atoms with E-state index in [4.69, 9.17) is 0 Å². The van der Waals surface area contributed by atoms with Gasteiger partial charge in [0, 0.05) is 19.0 Å². The Bertz CT molecular complexity index is 277. The van der Waals surface area contributed by atoms with Gasteiger partial charge in [-0.3, -0.25) is 4.79 Å². The minimum absolute atomic E-state index is 0.406. The molecule has 0 N–H and O–H groups in total. The highest BCUT2D eigenvalue weighted by atomic mass is 16.2. The number of unbranched alkanes of at least 4 members (excludes halogenated alkanes) is 10. The number of hydrogen-bond acceptors (Lipinski definition) is 1. The van der Waals surface area contributed by atoms with Crippen LogP contribution in [0.15, 0.2) is 0 Å². The van der Waals surface area contributed by atoms with Crippen LogP contribution in [0.2, 0.25) is 0 Å². The predicted octanol–water partition coefficient (Wildman–Crippen LogP) is 6.09. The summed E-state index contributed by atoms with van der Waals surface area (Å²) in [5, 5.41) is 0. The Morgan fingerprint density at radius 2 is 1.41 bits per heavy atom. The summed E-state index contributed by atoms with van der Waals surface area (Å²) in [6.07, 6.45) is 19.3. The van der Waals surface area contributed by atoms with Crippen LogP contribution in [0.25, 0.3) is 0 Å². The number of carbonyl (C=O) groups is 1. The zero-order valence-electron chi connectivity index (χ0n) is 15.2. The molecule has 1 rings (SSSR count). The molecule has 0 aromatic carbocycles. The van der Waals surface area contributed by atoms with Crippen molar-refractivity contribution in [2.75, 3.05) is 6.54 Å². The van der Waals surface area contributed by atoms with Gasteiger partial charge in [0.25, 0.3) is 0 Å². The minimum atomic E-state index is 0.406. The van der Waals surface area contributed by atoms with Crippen LogP contribution in [0.1, 0.15) is 110 Å². The molecule has 0 spiro atoms. The predicted molar refractivity (Wildman–Crippen MR) is 96.1 cm³/mol. The Kier molecular flexibility index (Phi) is 11.5. The molecule has 130 valence electrons. The van der Waals surface area contributed by atoms with E-state index in [1.165, 1.54) is 83.5 Å². The molecule has 2 nitrogen and oxygen atoms in total. The lowest BCUT2D eigenvalue weighted by atomic mass is 10.0. The maximum Gasteiger partial charge on any atom is 0.222 e. The smallest absolute Gasteiger partial charge is 0.222 e. The second-order valence-electron chi connectivity index (χ2n) is 7.22. The summed E-state index contributed by atoms with van der Waals surface area (Å²) in [5.41, 5.74) is 0. The van der Waals surface area contributed by atoms with E-state index in [0.29, 0.717) is 11.9 Å². The quantitative estimate of drug-likeness (QED) is 0.399. The Labute approximate surface area is 139 Å². The van der Waals surface area contributed by atoms with E-state index in [-0.39, 0.29) is 0 Å². The van der Waals surface area contributed by atoms with E-state index in [2.05, 4.69) is 18.7 Å². The Morgan fingerprint density at radius 1 is 0.864 bits per heavy atom. The topological polar surface area (TPSA) is 20.3 Å². The first-order valence-electron chi connectivity index (χ1n) is 10.0. The van der Waals surface area contributed by atoms with E-state index in [0.717, 1.165) is 19.4 Å². The van der Waals surface area contributed by atoms with Gasteiger partial charge in [0.1, 0.15) is 0 Å². The molecule has 1 aliphatic rings. The second kappa shape index (κ2) is 13.0. The fraction of sp³-hybridized carbons (Fsp3) is 0.950. The van der Waals surface area contributed by atoms with Crippen LogP contribution in [-0.2, 0) is 4.79 Å². The first kappa shape index (κ1) is 19.5. The van der Waals surface area contributed by atoms with Crippen molar-refractivity contribution in [3.8, 4) is 0 Å². The number of likely N-dealkylation sites (tertiary alicyclic amines) is 1. The van der Waals surface area contributed by atoms with Crippen LogP contribution < -0.4 is 0 Å². The summed E-state index contributed by atoms with van der Waals surface area (Å²) in [6.45, 7) is 5.48. The van der Waals surface area contributed by atoms with E-state index in [1.54, 1.807) is 0 Å². The van der Waals surface area contributed by atoms with Gasteiger partial charge in [-0.2, -0.15) is 0 Å². The Balaban J connectivity index is 1.87. The molecule has 1 heterocycles. The van der Waals surface area contributed by atoms with Crippen molar-refractivity contribution < 1.29 is 4.79 Å². The van der Waals surface area contributed by atoms with Gasteiger partial charge in [-0.05, 0) is 32.6 Å². The number of nitrogens with zero attached hydrogens (tertiary/aromatic N) is 1. The number of carbonyl (C=O) groups excluding carboxylic acids is 1. The van der Waals surface area contributed by atoms with Crippen LogP contribution >= 0.6 is 0 Å². The molecule has 0 aromatic heterocycles. The molecule has 1 amide bonds. The van der Waals surface area contributed by atoms with Crippen molar-refractivity contribution in [1.29, 1.82) is 0 Å². The maximum absolute atomic E-state index is 12.2. The van der Waals surface area contributed by atoms with Gasteiger partial charge in [0.05, 0.1) is 0 Å². The third-order valence-electron chi connectivity index (χ3n) is 5.12. The third-order valence-corrected chi connectivity index (χ3v) is 5.12. The van der Waals surface area contributed by atoms with Crippen molar-refractivity contribution in [2.45, 2.75) is 116 Å². The molecule has 1 unspecified atom stereocenters. The lowest BCUT2D eigenvalue weighted by molar-refractivity contribution is -0.134. The first-order chi connectivity index (χ1) is 10.8. The van der Waals surface area contributed by atoms with Crippen molar-refractivity contribution in [1.82, 2.24) is 4.90 Å². The average molecular weight is 310 g/mol. The second-order valence-corrected chi connectivity index (χ2v) is 7.22. The van der Waals surface area contributed by atoms with Gasteiger partial charge in [-0.25, -0.2) is 0 Å². The highest BCUT2D eigenvalue weighted by Crippen LogP contribution is 2.18. The lowest BCUT2D eigenvalue weighted by Gasteiger charge is -2.33. The molecule has 1 saturated heterocycles. The Morgan fingerprint density at radius 3 is 1.95 bits per heavy atom. The Hall–Kier alpha value is -0.530. The van der Waals surface area contributed by atoms with Gasteiger partial charge in [0.15, 0.2) is 0 Å². The summed E-state index contributed by atoms with van der Waals surface area (Å²) in [7, 11) is 0. The monoisotopic (exact) mass is 309 g/mol. The molecule has 0 aromatic rings. The van der Waals surface area contributed by atoms with Gasteiger partial charge in [0.2, 0.25) is 5.91 Å². The van der Waals surface area contributed by atoms with Gasteiger partial charge < -0.3 is 4.90 Å². The van der Waals surface area contributed by atoms with E-state index in [9.17, 15) is 4.79 Å². The van der Waals surface area contributed by atoms with Crippen LogP contribution in [0.3, 0.4) is 0 Å². The van der Waals surface area contributed by atoms with E-state index in [1.807, 2.05) is 0 Å². The van der Waals surface area contributed by atoms with Crippen molar-refractivity contribution in [3.05, 3.63) is 0 Å². The van der Waals surface area contributed by atoms with Crippen LogP contribution in [0, 0.1) is 0 Å². The van der Waals surface area contributed by atoms with E-state index < -0.39 is 0 Å². The number of amides is 1. The number of hydrogen-bond donors (Lipinski definition) is 0. The molecular formula is C20H39NO. The van der Waals surface area contributed by atoms with Gasteiger partial charge in [-0.1, -0.05) is 71.1 Å². The average Bonchev–Trinajstić information content (AvgIpc) is 2.53. The van der Waals surface area contributed by atoms with Gasteiger partial charge in [-0.15, -0.1) is 0 Å². The molecule has 0 aliphatic carbocycles. The summed E-state index contributed by atoms with van der Waals surface area (Å²) in [5.74, 6) is 0.406. The third kappa shape index (κ3) is 8.80. The normalized spacial score (nSPS) is 18.6. The van der Waals surface area contributed by atoms with Crippen molar-refractivity contribution >= 4 is 5.91 Å². The summed E-state index contributed by atoms with van der Waals surface area (Å²) >= 11 is 0. The van der Waals surface area contributed by atoms with Crippen LogP contribution in [0.4, 0.5) is 0 Å². The van der Waals surface area contributed by atoms with Crippen LogP contribution in [-0.4, -0.2) is 23.4 Å². The standard InChI is InChI=1S/C20H39NO/c1-3-4-5-6-7-8-9-10-11-12-13-17-20(22)21-18-15-14-16-19(21)2/h19H,3-18H2,1-2H3. The van der Waals surface area contributed by atoms with Crippen molar-refractivity contribution in [2.24, 2.45) is 0 Å². The molecule has 1 atom stereocenters. The van der Waals surface area contributed by atoms with Gasteiger partial charge >= 0.3 is 0 Å². The zero-order chi connectivity index (χ0) is 16.0. The lowest BCUT2D eigenvalue weighted by Crippen LogP contribution is -2.41. The molecule has 2 heteroatoms. The minimum Gasteiger partial charge on any atom is -0.340 e. The number of rotatable bonds is 12. The molecule has 0 saturated carbocycles. The fourth-order valence-electron chi connectivity index (χ4n) is 3.55. The number of piperidine rings is 1. The summed E-state index contributed by atoms with van der Waals surface area (Å²) in [4.78, 5) is 14.3. The molecular weight excluding hydrogens is 270 g/mol. The first-order valence-corrected chi connectivity index (χ1v) is 10.0.